The van der Waals surface area contributed by atoms with Crippen LogP contribution in [-0.2, 0) is 0 Å². The van der Waals surface area contributed by atoms with E-state index in [2.05, 4.69) is 5.10 Å². The predicted molar refractivity (Wildman–Crippen MR) is 67.3 cm³/mol. The first-order valence-corrected chi connectivity index (χ1v) is 5.64. The molecule has 3 heteroatoms. The van der Waals surface area contributed by atoms with E-state index >= 15 is 0 Å². The summed E-state index contributed by atoms with van der Waals surface area (Å²) in [4.78, 5) is 12.2. The van der Waals surface area contributed by atoms with Gasteiger partial charge in [-0.05, 0) is 57.0 Å². The number of carbonyl (C=O) groups is 1. The summed E-state index contributed by atoms with van der Waals surface area (Å²) in [5.41, 5.74) is 4.72. The molecule has 17 heavy (non-hydrogen) atoms. The molecule has 0 bridgehead atoms. The summed E-state index contributed by atoms with van der Waals surface area (Å²) in [6, 6.07) is 7.63. The number of benzene rings is 1. The minimum atomic E-state index is -0.0706. The Labute approximate surface area is 101 Å². The number of hydrogen-bond acceptors (Lipinski definition) is 2. The number of rotatable bonds is 1. The van der Waals surface area contributed by atoms with Crippen molar-refractivity contribution in [2.24, 2.45) is 0 Å². The van der Waals surface area contributed by atoms with E-state index < -0.39 is 0 Å². The Morgan fingerprint density at radius 2 is 1.76 bits per heavy atom. The maximum Gasteiger partial charge on any atom is 0.278 e. The molecule has 1 aromatic heterocycles. The van der Waals surface area contributed by atoms with Gasteiger partial charge in [-0.25, -0.2) is 4.68 Å². The quantitative estimate of drug-likeness (QED) is 0.752. The first-order chi connectivity index (χ1) is 7.99. The number of hydrogen-bond donors (Lipinski definition) is 0. The van der Waals surface area contributed by atoms with Gasteiger partial charge in [-0.15, -0.1) is 0 Å². The lowest BCUT2D eigenvalue weighted by Gasteiger charge is -2.05. The zero-order chi connectivity index (χ0) is 12.6. The topological polar surface area (TPSA) is 34.9 Å². The second-order valence-electron chi connectivity index (χ2n) is 4.44. The molecule has 0 saturated carbocycles. The SMILES string of the molecule is Cc1cc(C)n(C(=O)c2ccc(C)c(C)c2)n1. The van der Waals surface area contributed by atoms with Crippen LogP contribution in [0.5, 0.6) is 0 Å². The Hall–Kier alpha value is -1.90. The highest BCUT2D eigenvalue weighted by atomic mass is 16.2. The van der Waals surface area contributed by atoms with Gasteiger partial charge in [-0.3, -0.25) is 4.79 Å². The van der Waals surface area contributed by atoms with Gasteiger partial charge in [0.1, 0.15) is 0 Å². The molecular weight excluding hydrogens is 212 g/mol. The lowest BCUT2D eigenvalue weighted by atomic mass is 10.1. The third-order valence-electron chi connectivity index (χ3n) is 2.96. The summed E-state index contributed by atoms with van der Waals surface area (Å²) in [7, 11) is 0. The molecule has 0 amide bonds. The molecule has 0 fully saturated rings. The Balaban J connectivity index is 2.44. The summed E-state index contributed by atoms with van der Waals surface area (Å²) in [6.45, 7) is 7.82. The van der Waals surface area contributed by atoms with Crippen molar-refractivity contribution in [1.82, 2.24) is 9.78 Å². The van der Waals surface area contributed by atoms with Crippen LogP contribution in [-0.4, -0.2) is 15.7 Å². The average molecular weight is 228 g/mol. The van der Waals surface area contributed by atoms with Gasteiger partial charge < -0.3 is 0 Å². The van der Waals surface area contributed by atoms with Crippen molar-refractivity contribution in [3.63, 3.8) is 0 Å². The summed E-state index contributed by atoms with van der Waals surface area (Å²) in [5, 5.41) is 4.21. The monoisotopic (exact) mass is 228 g/mol. The smallest absolute Gasteiger partial charge is 0.267 e. The minimum Gasteiger partial charge on any atom is -0.267 e. The van der Waals surface area contributed by atoms with Gasteiger partial charge >= 0.3 is 0 Å². The molecule has 1 heterocycles. The Morgan fingerprint density at radius 1 is 1.06 bits per heavy atom. The third kappa shape index (κ3) is 2.13. The van der Waals surface area contributed by atoms with Crippen LogP contribution in [0.15, 0.2) is 24.3 Å². The van der Waals surface area contributed by atoms with Gasteiger partial charge in [0.15, 0.2) is 0 Å². The fraction of sp³-hybridized carbons (Fsp3) is 0.286. The molecule has 2 rings (SSSR count). The maximum absolute atomic E-state index is 12.2. The summed E-state index contributed by atoms with van der Waals surface area (Å²) in [5.74, 6) is -0.0706. The molecule has 0 saturated heterocycles. The summed E-state index contributed by atoms with van der Waals surface area (Å²) < 4.78 is 1.46. The maximum atomic E-state index is 12.2. The first kappa shape index (κ1) is 11.6. The van der Waals surface area contributed by atoms with Crippen LogP contribution in [0, 0.1) is 27.7 Å². The van der Waals surface area contributed by atoms with E-state index in [1.165, 1.54) is 10.2 Å². The van der Waals surface area contributed by atoms with Crippen molar-refractivity contribution in [1.29, 1.82) is 0 Å². The molecular formula is C14H16N2O. The lowest BCUT2D eigenvalue weighted by Crippen LogP contribution is -2.15. The van der Waals surface area contributed by atoms with Crippen LogP contribution in [0.25, 0.3) is 0 Å². The zero-order valence-corrected chi connectivity index (χ0v) is 10.6. The van der Waals surface area contributed by atoms with Crippen molar-refractivity contribution in [2.75, 3.05) is 0 Å². The van der Waals surface area contributed by atoms with E-state index in [0.29, 0.717) is 5.56 Å². The van der Waals surface area contributed by atoms with Gasteiger partial charge in [-0.1, -0.05) is 6.07 Å². The summed E-state index contributed by atoms with van der Waals surface area (Å²) >= 11 is 0. The van der Waals surface area contributed by atoms with Gasteiger partial charge in [0.25, 0.3) is 5.91 Å². The molecule has 0 atom stereocenters. The van der Waals surface area contributed by atoms with Crippen molar-refractivity contribution in [3.05, 3.63) is 52.3 Å². The standard InChI is InChI=1S/C14H16N2O/c1-9-5-6-13(7-10(9)2)14(17)16-12(4)8-11(3)15-16/h5-8H,1-4H3. The molecule has 0 aliphatic carbocycles. The van der Waals surface area contributed by atoms with E-state index in [0.717, 1.165) is 17.0 Å². The average Bonchev–Trinajstić information content (AvgIpc) is 2.61. The van der Waals surface area contributed by atoms with Crippen LogP contribution in [0.1, 0.15) is 32.9 Å². The molecule has 0 unspecified atom stereocenters. The molecule has 1 aromatic carbocycles. The van der Waals surface area contributed by atoms with Gasteiger partial charge in [0, 0.05) is 11.3 Å². The lowest BCUT2D eigenvalue weighted by molar-refractivity contribution is 0.0942. The van der Waals surface area contributed by atoms with Crippen molar-refractivity contribution >= 4 is 5.91 Å². The largest absolute Gasteiger partial charge is 0.278 e. The fourth-order valence-corrected chi connectivity index (χ4v) is 1.83. The van der Waals surface area contributed by atoms with Gasteiger partial charge in [-0.2, -0.15) is 5.10 Å². The van der Waals surface area contributed by atoms with Crippen LogP contribution in [0.4, 0.5) is 0 Å². The van der Waals surface area contributed by atoms with Crippen molar-refractivity contribution < 1.29 is 4.79 Å². The van der Waals surface area contributed by atoms with Gasteiger partial charge in [0.05, 0.1) is 5.69 Å². The van der Waals surface area contributed by atoms with Crippen molar-refractivity contribution in [2.45, 2.75) is 27.7 Å². The van der Waals surface area contributed by atoms with Crippen LogP contribution < -0.4 is 0 Å². The minimum absolute atomic E-state index is 0.0706. The van der Waals surface area contributed by atoms with E-state index in [4.69, 9.17) is 0 Å². The van der Waals surface area contributed by atoms with E-state index in [1.54, 1.807) is 0 Å². The second kappa shape index (κ2) is 4.17. The van der Waals surface area contributed by atoms with Gasteiger partial charge in [0.2, 0.25) is 0 Å². The third-order valence-corrected chi connectivity index (χ3v) is 2.96. The highest BCUT2D eigenvalue weighted by Crippen LogP contribution is 2.12. The molecule has 0 radical (unpaired) electrons. The van der Waals surface area contributed by atoms with E-state index in [1.807, 2.05) is 52.0 Å². The van der Waals surface area contributed by atoms with E-state index in [9.17, 15) is 4.79 Å². The molecule has 0 aliphatic heterocycles. The number of aromatic nitrogens is 2. The van der Waals surface area contributed by atoms with Crippen molar-refractivity contribution in [3.8, 4) is 0 Å². The van der Waals surface area contributed by atoms with Crippen LogP contribution in [0.3, 0.4) is 0 Å². The first-order valence-electron chi connectivity index (χ1n) is 5.64. The molecule has 0 aliphatic rings. The summed E-state index contributed by atoms with van der Waals surface area (Å²) in [6.07, 6.45) is 0. The van der Waals surface area contributed by atoms with E-state index in [-0.39, 0.29) is 5.91 Å². The number of aryl methyl sites for hydroxylation is 4. The molecule has 0 spiro atoms. The Bertz CT molecular complexity index is 582. The van der Waals surface area contributed by atoms with Crippen LogP contribution >= 0.6 is 0 Å². The molecule has 2 aromatic rings. The molecule has 0 N–H and O–H groups in total. The second-order valence-corrected chi connectivity index (χ2v) is 4.44. The fourth-order valence-electron chi connectivity index (χ4n) is 1.83. The normalized spacial score (nSPS) is 10.6. The Morgan fingerprint density at radius 3 is 2.29 bits per heavy atom. The number of carbonyl (C=O) groups excluding carboxylic acids is 1. The molecule has 88 valence electrons. The van der Waals surface area contributed by atoms with Crippen LogP contribution in [0.2, 0.25) is 0 Å². The predicted octanol–water partition coefficient (Wildman–Crippen LogP) is 2.81. The Kier molecular flexibility index (Phi) is 2.84. The molecule has 3 nitrogen and oxygen atoms in total. The zero-order valence-electron chi connectivity index (χ0n) is 10.6. The highest BCUT2D eigenvalue weighted by molar-refractivity contribution is 5.96. The number of nitrogens with zero attached hydrogens (tertiary/aromatic N) is 2. The highest BCUT2D eigenvalue weighted by Gasteiger charge is 2.12.